The van der Waals surface area contributed by atoms with Crippen LogP contribution in [0.25, 0.3) is 10.4 Å². The number of ether oxygens (including phenoxy) is 4. The number of rotatable bonds is 11. The molecule has 1 aliphatic heterocycles. The number of carboxylic acids is 1. The second kappa shape index (κ2) is 12.6. The summed E-state index contributed by atoms with van der Waals surface area (Å²) in [4.78, 5) is 48.2. The van der Waals surface area contributed by atoms with Gasteiger partial charge in [-0.25, -0.2) is 0 Å². The van der Waals surface area contributed by atoms with Crippen molar-refractivity contribution >= 4 is 23.8 Å². The minimum absolute atomic E-state index is 0.0336. The van der Waals surface area contributed by atoms with Gasteiger partial charge in [-0.3, -0.25) is 19.2 Å². The first-order valence-electron chi connectivity index (χ1n) is 9.27. The number of hydrogen-bond donors (Lipinski definition) is 2. The summed E-state index contributed by atoms with van der Waals surface area (Å²) >= 11 is 0. The third-order valence-corrected chi connectivity index (χ3v) is 4.01. The van der Waals surface area contributed by atoms with Crippen LogP contribution < -0.4 is 5.32 Å². The molecule has 0 aliphatic carbocycles. The van der Waals surface area contributed by atoms with Crippen molar-refractivity contribution in [2.24, 2.45) is 5.11 Å². The second-order valence-corrected chi connectivity index (χ2v) is 6.55. The molecule has 0 aromatic heterocycles. The molecule has 1 heterocycles. The Morgan fingerprint density at radius 3 is 2.27 bits per heavy atom. The van der Waals surface area contributed by atoms with Crippen LogP contribution in [-0.4, -0.2) is 72.7 Å². The Morgan fingerprint density at radius 1 is 1.10 bits per heavy atom. The predicted octanol–water partition coefficient (Wildman–Crippen LogP) is 0.661. The highest BCUT2D eigenvalue weighted by atomic mass is 16.7. The molecule has 168 valence electrons. The van der Waals surface area contributed by atoms with Crippen LogP contribution in [0.1, 0.15) is 40.0 Å². The van der Waals surface area contributed by atoms with E-state index in [4.69, 9.17) is 29.6 Å². The van der Waals surface area contributed by atoms with Gasteiger partial charge in [0, 0.05) is 38.7 Å². The van der Waals surface area contributed by atoms with Crippen molar-refractivity contribution in [2.45, 2.75) is 70.7 Å². The van der Waals surface area contributed by atoms with Gasteiger partial charge in [-0.15, -0.1) is 0 Å². The fourth-order valence-corrected chi connectivity index (χ4v) is 2.94. The highest BCUT2D eigenvalue weighted by molar-refractivity contribution is 5.73. The van der Waals surface area contributed by atoms with E-state index < -0.39 is 54.5 Å². The number of aliphatic carboxylic acids is 1. The van der Waals surface area contributed by atoms with Gasteiger partial charge in [-0.1, -0.05) is 5.11 Å². The van der Waals surface area contributed by atoms with Gasteiger partial charge < -0.3 is 29.4 Å². The van der Waals surface area contributed by atoms with Crippen LogP contribution in [0.4, 0.5) is 0 Å². The van der Waals surface area contributed by atoms with E-state index in [2.05, 4.69) is 15.3 Å². The highest BCUT2D eigenvalue weighted by Gasteiger charge is 2.50. The largest absolute Gasteiger partial charge is 0.481 e. The number of azide groups is 1. The molecule has 1 rings (SSSR count). The molecule has 0 saturated carbocycles. The lowest BCUT2D eigenvalue weighted by molar-refractivity contribution is -0.269. The normalized spacial score (nSPS) is 25.5. The molecule has 5 unspecified atom stereocenters. The first kappa shape index (κ1) is 25.1. The van der Waals surface area contributed by atoms with Crippen LogP contribution in [0.5, 0.6) is 0 Å². The molecule has 1 amide bonds. The van der Waals surface area contributed by atoms with E-state index in [0.29, 0.717) is 12.8 Å². The molecule has 0 radical (unpaired) electrons. The summed E-state index contributed by atoms with van der Waals surface area (Å²) in [5, 5.41) is 14.7. The number of carbonyl (C=O) groups is 4. The van der Waals surface area contributed by atoms with E-state index in [-0.39, 0.29) is 19.6 Å². The number of amides is 1. The third kappa shape index (κ3) is 8.64. The molecule has 0 aromatic rings. The zero-order valence-corrected chi connectivity index (χ0v) is 17.0. The first-order valence-corrected chi connectivity index (χ1v) is 9.27. The van der Waals surface area contributed by atoms with Gasteiger partial charge in [0.2, 0.25) is 5.91 Å². The average Bonchev–Trinajstić information content (AvgIpc) is 2.63. The van der Waals surface area contributed by atoms with Crippen LogP contribution >= 0.6 is 0 Å². The van der Waals surface area contributed by atoms with E-state index in [1.54, 1.807) is 0 Å². The minimum atomic E-state index is -1.17. The van der Waals surface area contributed by atoms with Crippen LogP contribution in [0.2, 0.25) is 0 Å². The zero-order valence-electron chi connectivity index (χ0n) is 17.0. The van der Waals surface area contributed by atoms with Crippen molar-refractivity contribution in [1.29, 1.82) is 0 Å². The number of nitrogens with one attached hydrogen (secondary N) is 1. The third-order valence-electron chi connectivity index (χ3n) is 4.01. The average molecular weight is 430 g/mol. The fourth-order valence-electron chi connectivity index (χ4n) is 2.94. The summed E-state index contributed by atoms with van der Waals surface area (Å²) in [6.07, 6.45) is -3.76. The summed E-state index contributed by atoms with van der Waals surface area (Å²) in [5.74, 6) is -2.80. The lowest BCUT2D eigenvalue weighted by Crippen LogP contribution is -2.66. The Labute approximate surface area is 172 Å². The van der Waals surface area contributed by atoms with Gasteiger partial charge in [0.05, 0.1) is 6.54 Å². The van der Waals surface area contributed by atoms with Gasteiger partial charge in [0.25, 0.3) is 0 Å². The lowest BCUT2D eigenvalue weighted by Gasteiger charge is -2.45. The Bertz CT molecular complexity index is 680. The zero-order chi connectivity index (χ0) is 22.7. The van der Waals surface area contributed by atoms with Gasteiger partial charge in [0.1, 0.15) is 12.1 Å². The van der Waals surface area contributed by atoms with Gasteiger partial charge in [-0.2, -0.15) is 0 Å². The van der Waals surface area contributed by atoms with E-state index in [1.165, 1.54) is 6.92 Å². The van der Waals surface area contributed by atoms with Crippen molar-refractivity contribution in [3.63, 3.8) is 0 Å². The van der Waals surface area contributed by atoms with Crippen LogP contribution in [0.15, 0.2) is 5.11 Å². The summed E-state index contributed by atoms with van der Waals surface area (Å²) in [6.45, 7) is 3.37. The summed E-state index contributed by atoms with van der Waals surface area (Å²) in [5.41, 5.74) is 8.63. The van der Waals surface area contributed by atoms with Crippen molar-refractivity contribution in [1.82, 2.24) is 5.32 Å². The SMILES string of the molecule is CC(=O)NC1C(OCCCCC(=O)O)OC(CN=[N+]=[N-])C(OC(C)=O)C1OC(C)=O. The monoisotopic (exact) mass is 430 g/mol. The smallest absolute Gasteiger partial charge is 0.303 e. The molecule has 0 bridgehead atoms. The molecule has 2 N–H and O–H groups in total. The van der Waals surface area contributed by atoms with Gasteiger partial charge in [-0.05, 0) is 18.4 Å². The quantitative estimate of drug-likeness (QED) is 0.156. The molecule has 0 aromatic carbocycles. The van der Waals surface area contributed by atoms with Crippen molar-refractivity contribution < 1.29 is 43.2 Å². The van der Waals surface area contributed by atoms with Crippen molar-refractivity contribution in [3.8, 4) is 0 Å². The molecule has 5 atom stereocenters. The Morgan fingerprint density at radius 2 is 1.73 bits per heavy atom. The van der Waals surface area contributed by atoms with Crippen molar-refractivity contribution in [3.05, 3.63) is 10.4 Å². The molecule has 1 fully saturated rings. The number of unbranched alkanes of at least 4 members (excludes halogenated alkanes) is 1. The van der Waals surface area contributed by atoms with E-state index in [0.717, 1.165) is 13.8 Å². The number of hydrogen-bond acceptors (Lipinski definition) is 9. The Hall–Kier alpha value is -2.89. The maximum atomic E-state index is 11.7. The molecule has 13 nitrogen and oxygen atoms in total. The minimum Gasteiger partial charge on any atom is -0.481 e. The summed E-state index contributed by atoms with van der Waals surface area (Å²) in [7, 11) is 0. The molecule has 1 aliphatic rings. The molecule has 1 saturated heterocycles. The van der Waals surface area contributed by atoms with Gasteiger partial charge in [0.15, 0.2) is 18.5 Å². The Kier molecular flexibility index (Phi) is 10.6. The van der Waals surface area contributed by atoms with Crippen molar-refractivity contribution in [2.75, 3.05) is 13.2 Å². The molecular formula is C17H26N4O9. The molecule has 0 spiro atoms. The molecular weight excluding hydrogens is 404 g/mol. The Balaban J connectivity index is 3.11. The number of carbonyl (C=O) groups excluding carboxylic acids is 3. The summed E-state index contributed by atoms with van der Waals surface area (Å²) < 4.78 is 22.0. The van der Waals surface area contributed by atoms with E-state index in [9.17, 15) is 19.2 Å². The second-order valence-electron chi connectivity index (χ2n) is 6.55. The highest BCUT2D eigenvalue weighted by Crippen LogP contribution is 2.28. The van der Waals surface area contributed by atoms with E-state index >= 15 is 0 Å². The van der Waals surface area contributed by atoms with E-state index in [1.807, 2.05) is 0 Å². The maximum absolute atomic E-state index is 11.7. The topological polar surface area (TPSA) is 186 Å². The fraction of sp³-hybridized carbons (Fsp3) is 0.765. The first-order chi connectivity index (χ1) is 14.1. The number of nitrogens with zero attached hydrogens (tertiary/aromatic N) is 3. The standard InChI is InChI=1S/C17H26N4O9/c1-9(22)20-14-16(29-11(3)24)15(28-10(2)23)12(8-19-21-18)30-17(14)27-7-5-4-6-13(25)26/h12,14-17H,4-8H2,1-3H3,(H,20,22)(H,25,26). The van der Waals surface area contributed by atoms with Gasteiger partial charge >= 0.3 is 17.9 Å². The van der Waals surface area contributed by atoms with Crippen LogP contribution in [0, 0.1) is 0 Å². The van der Waals surface area contributed by atoms with Crippen LogP contribution in [0.3, 0.4) is 0 Å². The molecule has 13 heteroatoms. The predicted molar refractivity (Wildman–Crippen MR) is 98.8 cm³/mol. The number of carboxylic acid groups (broad SMARTS) is 1. The summed E-state index contributed by atoms with van der Waals surface area (Å²) in [6, 6.07) is -1.03. The lowest BCUT2D eigenvalue weighted by atomic mass is 9.95. The molecule has 30 heavy (non-hydrogen) atoms. The van der Waals surface area contributed by atoms with Crippen LogP contribution in [-0.2, 0) is 38.1 Å². The number of esters is 2. The maximum Gasteiger partial charge on any atom is 0.303 e.